The molecule has 1 saturated heterocycles. The van der Waals surface area contributed by atoms with Gasteiger partial charge in [0.05, 0.1) is 25.0 Å². The molecule has 0 saturated carbocycles. The van der Waals surface area contributed by atoms with Crippen molar-refractivity contribution in [2.45, 2.75) is 6.92 Å². The number of nitrogens with one attached hydrogen (secondary N) is 2. The molecule has 3 heterocycles. The first-order valence-corrected chi connectivity index (χ1v) is 9.55. The highest BCUT2D eigenvalue weighted by Gasteiger charge is 2.15. The summed E-state index contributed by atoms with van der Waals surface area (Å²) in [7, 11) is 0. The lowest BCUT2D eigenvalue weighted by Gasteiger charge is -2.28. The molecular weight excluding hydrogens is 387 g/mol. The number of aryl methyl sites for hydroxylation is 1. The highest BCUT2D eigenvalue weighted by molar-refractivity contribution is 6.04. The van der Waals surface area contributed by atoms with Crippen LogP contribution in [0.5, 0.6) is 0 Å². The van der Waals surface area contributed by atoms with Crippen molar-refractivity contribution >= 4 is 29.0 Å². The fraction of sp³-hybridized carbons (Fsp3) is 0.238. The largest absolute Gasteiger partial charge is 0.378 e. The van der Waals surface area contributed by atoms with Gasteiger partial charge in [-0.25, -0.2) is 9.37 Å². The lowest BCUT2D eigenvalue weighted by molar-refractivity contribution is 0.102. The van der Waals surface area contributed by atoms with E-state index in [1.807, 2.05) is 13.0 Å². The topological polar surface area (TPSA) is 92.3 Å². The number of pyridine rings is 1. The molecule has 9 heteroatoms. The van der Waals surface area contributed by atoms with E-state index in [0.29, 0.717) is 24.8 Å². The van der Waals surface area contributed by atoms with Crippen molar-refractivity contribution in [3.05, 3.63) is 65.9 Å². The van der Waals surface area contributed by atoms with Crippen LogP contribution in [-0.4, -0.2) is 47.2 Å². The molecule has 1 aromatic carbocycles. The molecular formula is C21H21FN6O2. The van der Waals surface area contributed by atoms with Gasteiger partial charge in [0.2, 0.25) is 5.95 Å². The number of halogens is 1. The van der Waals surface area contributed by atoms with E-state index in [4.69, 9.17) is 4.74 Å². The minimum absolute atomic E-state index is 0.0593. The van der Waals surface area contributed by atoms with Gasteiger partial charge in [-0.15, -0.1) is 0 Å². The van der Waals surface area contributed by atoms with Crippen LogP contribution in [0.4, 0.5) is 27.5 Å². The number of hydrogen-bond acceptors (Lipinski definition) is 7. The summed E-state index contributed by atoms with van der Waals surface area (Å²) in [5, 5.41) is 5.85. The molecule has 0 atom stereocenters. The van der Waals surface area contributed by atoms with Crippen molar-refractivity contribution in [3.63, 3.8) is 0 Å². The van der Waals surface area contributed by atoms with Gasteiger partial charge in [0, 0.05) is 42.4 Å². The third-order valence-electron chi connectivity index (χ3n) is 4.59. The van der Waals surface area contributed by atoms with Gasteiger partial charge in [-0.05, 0) is 37.3 Å². The number of nitrogens with zero attached hydrogens (tertiary/aromatic N) is 4. The zero-order valence-corrected chi connectivity index (χ0v) is 16.4. The Balaban J connectivity index is 1.44. The van der Waals surface area contributed by atoms with E-state index in [-0.39, 0.29) is 5.56 Å². The second-order valence-electron chi connectivity index (χ2n) is 6.80. The fourth-order valence-corrected chi connectivity index (χ4v) is 3.09. The minimum Gasteiger partial charge on any atom is -0.378 e. The minimum atomic E-state index is -0.666. The second kappa shape index (κ2) is 8.83. The zero-order chi connectivity index (χ0) is 20.9. The van der Waals surface area contributed by atoms with Crippen LogP contribution < -0.4 is 15.5 Å². The summed E-state index contributed by atoms with van der Waals surface area (Å²) in [5.74, 6) is 0.150. The van der Waals surface area contributed by atoms with Crippen molar-refractivity contribution in [2.75, 3.05) is 41.8 Å². The second-order valence-corrected chi connectivity index (χ2v) is 6.80. The fourth-order valence-electron chi connectivity index (χ4n) is 3.09. The van der Waals surface area contributed by atoms with Gasteiger partial charge in [-0.1, -0.05) is 0 Å². The summed E-state index contributed by atoms with van der Waals surface area (Å²) in [4.78, 5) is 27.1. The van der Waals surface area contributed by atoms with Crippen molar-refractivity contribution in [1.29, 1.82) is 0 Å². The van der Waals surface area contributed by atoms with Gasteiger partial charge in [-0.3, -0.25) is 9.78 Å². The quantitative estimate of drug-likeness (QED) is 0.670. The van der Waals surface area contributed by atoms with Crippen molar-refractivity contribution in [1.82, 2.24) is 15.0 Å². The summed E-state index contributed by atoms with van der Waals surface area (Å²) in [6.45, 7) is 4.88. The molecule has 8 nitrogen and oxygen atoms in total. The van der Waals surface area contributed by atoms with Crippen molar-refractivity contribution in [3.8, 4) is 0 Å². The van der Waals surface area contributed by atoms with Gasteiger partial charge in [-0.2, -0.15) is 4.98 Å². The number of anilines is 4. The number of amides is 1. The Kier molecular flexibility index (Phi) is 5.80. The van der Waals surface area contributed by atoms with Crippen LogP contribution in [0.25, 0.3) is 0 Å². The molecule has 2 aromatic heterocycles. The Bertz CT molecular complexity index is 1040. The lowest BCUT2D eigenvalue weighted by Crippen LogP contribution is -2.36. The molecule has 0 bridgehead atoms. The maximum Gasteiger partial charge on any atom is 0.258 e. The molecule has 154 valence electrons. The monoisotopic (exact) mass is 408 g/mol. The number of hydrogen-bond donors (Lipinski definition) is 2. The molecule has 4 rings (SSSR count). The molecule has 2 N–H and O–H groups in total. The maximum atomic E-state index is 13.7. The normalized spacial score (nSPS) is 13.7. The predicted octanol–water partition coefficient (Wildman–Crippen LogP) is 3.15. The van der Waals surface area contributed by atoms with Gasteiger partial charge >= 0.3 is 0 Å². The van der Waals surface area contributed by atoms with Crippen LogP contribution >= 0.6 is 0 Å². The number of carbonyl (C=O) groups excluding carboxylic acids is 1. The highest BCUT2D eigenvalue weighted by atomic mass is 19.1. The van der Waals surface area contributed by atoms with Crippen LogP contribution in [0.2, 0.25) is 0 Å². The molecule has 3 aromatic rings. The van der Waals surface area contributed by atoms with E-state index in [1.165, 1.54) is 12.3 Å². The van der Waals surface area contributed by atoms with Crippen LogP contribution in [0.15, 0.2) is 48.8 Å². The van der Waals surface area contributed by atoms with Crippen LogP contribution in [-0.2, 0) is 4.74 Å². The molecule has 1 amide bonds. The number of aromatic nitrogens is 3. The molecule has 0 spiro atoms. The number of morpholine rings is 1. The van der Waals surface area contributed by atoms with Gasteiger partial charge in [0.1, 0.15) is 5.82 Å². The van der Waals surface area contributed by atoms with E-state index < -0.39 is 11.7 Å². The first-order valence-electron chi connectivity index (χ1n) is 9.55. The van der Waals surface area contributed by atoms with Crippen LogP contribution in [0.1, 0.15) is 16.1 Å². The Morgan fingerprint density at radius 1 is 1.10 bits per heavy atom. The summed E-state index contributed by atoms with van der Waals surface area (Å²) >= 11 is 0. The Labute approximate surface area is 173 Å². The van der Waals surface area contributed by atoms with E-state index in [9.17, 15) is 9.18 Å². The van der Waals surface area contributed by atoms with E-state index in [2.05, 4.69) is 30.5 Å². The number of rotatable bonds is 5. The summed E-state index contributed by atoms with van der Waals surface area (Å²) < 4.78 is 19.1. The number of benzene rings is 1. The average Bonchev–Trinajstić information content (AvgIpc) is 2.75. The average molecular weight is 408 g/mol. The predicted molar refractivity (Wildman–Crippen MR) is 112 cm³/mol. The maximum absolute atomic E-state index is 13.7. The molecule has 0 aliphatic carbocycles. The lowest BCUT2D eigenvalue weighted by atomic mass is 10.2. The molecule has 30 heavy (non-hydrogen) atoms. The highest BCUT2D eigenvalue weighted by Crippen LogP contribution is 2.21. The smallest absolute Gasteiger partial charge is 0.258 e. The van der Waals surface area contributed by atoms with Gasteiger partial charge < -0.3 is 20.3 Å². The van der Waals surface area contributed by atoms with Crippen molar-refractivity contribution in [2.24, 2.45) is 0 Å². The van der Waals surface area contributed by atoms with E-state index >= 15 is 0 Å². The third-order valence-corrected chi connectivity index (χ3v) is 4.59. The van der Waals surface area contributed by atoms with Crippen molar-refractivity contribution < 1.29 is 13.9 Å². The number of carbonyl (C=O) groups is 1. The van der Waals surface area contributed by atoms with Gasteiger partial charge in [0.15, 0.2) is 5.82 Å². The third kappa shape index (κ3) is 4.69. The number of ether oxygens (including phenoxy) is 1. The first kappa shape index (κ1) is 19.7. The SMILES string of the molecule is Cc1cc(N2CCOCC2)nc(Nc2ccc(NC(=O)c3ccncc3F)cc2)n1. The summed E-state index contributed by atoms with van der Waals surface area (Å²) in [6.07, 6.45) is 2.38. The summed E-state index contributed by atoms with van der Waals surface area (Å²) in [5.41, 5.74) is 2.11. The van der Waals surface area contributed by atoms with Crippen LogP contribution in [0, 0.1) is 12.7 Å². The first-order chi connectivity index (χ1) is 14.6. The summed E-state index contributed by atoms with van der Waals surface area (Å²) in [6, 6.07) is 10.3. The molecule has 1 aliphatic rings. The van der Waals surface area contributed by atoms with E-state index in [1.54, 1.807) is 24.3 Å². The zero-order valence-electron chi connectivity index (χ0n) is 16.4. The molecule has 0 radical (unpaired) electrons. The molecule has 0 unspecified atom stereocenters. The van der Waals surface area contributed by atoms with E-state index in [0.717, 1.165) is 36.5 Å². The van der Waals surface area contributed by atoms with Gasteiger partial charge in [0.25, 0.3) is 5.91 Å². The van der Waals surface area contributed by atoms with Crippen LogP contribution in [0.3, 0.4) is 0 Å². The Hall–Kier alpha value is -3.59. The molecule has 1 fully saturated rings. The standard InChI is InChI=1S/C21H21FN6O2/c1-14-12-19(28-8-10-30-11-9-28)27-21(24-14)26-16-4-2-15(3-5-16)25-20(29)17-6-7-23-13-18(17)22/h2-7,12-13H,8-11H2,1H3,(H,25,29)(H,24,26,27). The molecule has 1 aliphatic heterocycles. The Morgan fingerprint density at radius 2 is 1.83 bits per heavy atom. The Morgan fingerprint density at radius 3 is 2.57 bits per heavy atom.